The Morgan fingerprint density at radius 3 is 1.00 bits per heavy atom. The Balaban J connectivity index is 0.000000206. The molecule has 2 rings (SSSR count). The molecule has 0 saturated carbocycles. The van der Waals surface area contributed by atoms with Gasteiger partial charge in [-0.25, -0.2) is 0 Å². The molecule has 2 aromatic rings. The molecule has 0 spiro atoms. The number of hydrogen-bond acceptors (Lipinski definition) is 4. The number of nitrogens with zero attached hydrogens (tertiary/aromatic N) is 4. The van der Waals surface area contributed by atoms with Crippen LogP contribution in [0.2, 0.25) is 0 Å². The Morgan fingerprint density at radius 1 is 0.615 bits per heavy atom. The fourth-order valence-corrected chi connectivity index (χ4v) is 0.449. The van der Waals surface area contributed by atoms with Crippen molar-refractivity contribution in [3.63, 3.8) is 0 Å². The molecule has 0 aliphatic carbocycles. The minimum Gasteiger partial charge on any atom is -0.374 e. The summed E-state index contributed by atoms with van der Waals surface area (Å²) in [5.41, 5.74) is 0. The van der Waals surface area contributed by atoms with Gasteiger partial charge in [-0.15, -0.1) is 12.1 Å². The van der Waals surface area contributed by atoms with Crippen LogP contribution < -0.4 is 0 Å². The van der Waals surface area contributed by atoms with E-state index in [4.69, 9.17) is 0 Å². The summed E-state index contributed by atoms with van der Waals surface area (Å²) in [6, 6.07) is 3.49. The van der Waals surface area contributed by atoms with E-state index >= 15 is 0 Å². The number of rotatable bonds is 0. The van der Waals surface area contributed by atoms with Gasteiger partial charge >= 0.3 is 19.5 Å². The van der Waals surface area contributed by atoms with Crippen LogP contribution in [-0.4, -0.2) is 19.9 Å². The molecule has 0 bridgehead atoms. The molecular weight excluding hydrogens is 255 g/mol. The normalized spacial score (nSPS) is 7.38. The fourth-order valence-electron chi connectivity index (χ4n) is 0.449. The van der Waals surface area contributed by atoms with Crippen LogP contribution in [0.4, 0.5) is 0 Å². The standard InChI is InChI=1S/2C4H3N2.Rh/c2*1-2-5-4-6-3-1;/h2*1-3H;/q2*-1;+2. The van der Waals surface area contributed by atoms with E-state index in [1.54, 1.807) is 36.9 Å². The molecule has 2 aromatic heterocycles. The molecule has 0 N–H and O–H groups in total. The van der Waals surface area contributed by atoms with Gasteiger partial charge in [0.1, 0.15) is 0 Å². The third kappa shape index (κ3) is 7.15. The summed E-state index contributed by atoms with van der Waals surface area (Å²) in [5.74, 6) is 0. The maximum Gasteiger partial charge on any atom is 2.00 e. The van der Waals surface area contributed by atoms with Gasteiger partial charge in [0, 0.05) is 12.7 Å². The second kappa shape index (κ2) is 8.88. The first-order chi connectivity index (χ1) is 6.00. The van der Waals surface area contributed by atoms with Crippen LogP contribution in [0, 0.1) is 12.7 Å². The summed E-state index contributed by atoms with van der Waals surface area (Å²) < 4.78 is 0. The largest absolute Gasteiger partial charge is 2.00 e. The van der Waals surface area contributed by atoms with Gasteiger partial charge in [-0.2, -0.15) is 0 Å². The Labute approximate surface area is 89.3 Å². The topological polar surface area (TPSA) is 51.6 Å². The summed E-state index contributed by atoms with van der Waals surface area (Å²) in [6.07, 6.45) is 11.3. The number of aromatic nitrogens is 4. The van der Waals surface area contributed by atoms with Crippen molar-refractivity contribution in [1.29, 1.82) is 0 Å². The maximum absolute atomic E-state index is 3.55. The second-order valence-corrected chi connectivity index (χ2v) is 1.70. The average molecular weight is 261 g/mol. The quantitative estimate of drug-likeness (QED) is 0.513. The molecule has 1 radical (unpaired) electrons. The fraction of sp³-hybridized carbons (Fsp3) is 0. The van der Waals surface area contributed by atoms with E-state index in [1.165, 1.54) is 0 Å². The summed E-state index contributed by atoms with van der Waals surface area (Å²) in [7, 11) is 0. The molecule has 13 heavy (non-hydrogen) atoms. The van der Waals surface area contributed by atoms with Crippen LogP contribution in [0.1, 0.15) is 0 Å². The predicted molar refractivity (Wildman–Crippen MR) is 41.7 cm³/mol. The maximum atomic E-state index is 3.55. The van der Waals surface area contributed by atoms with Crippen LogP contribution in [0.15, 0.2) is 36.9 Å². The third-order valence-corrected chi connectivity index (χ3v) is 0.873. The van der Waals surface area contributed by atoms with Crippen LogP contribution in [0.5, 0.6) is 0 Å². The minimum absolute atomic E-state index is 0. The van der Waals surface area contributed by atoms with E-state index in [0.717, 1.165) is 0 Å². The Kier molecular flexibility index (Phi) is 8.05. The van der Waals surface area contributed by atoms with Crippen molar-refractivity contribution >= 4 is 0 Å². The molecule has 5 heteroatoms. The van der Waals surface area contributed by atoms with E-state index in [1.807, 2.05) is 0 Å². The van der Waals surface area contributed by atoms with Crippen molar-refractivity contribution in [2.45, 2.75) is 0 Å². The second-order valence-electron chi connectivity index (χ2n) is 1.70. The van der Waals surface area contributed by atoms with Gasteiger partial charge in [-0.1, -0.05) is 24.8 Å². The Hall–Kier alpha value is -1.22. The van der Waals surface area contributed by atoms with Gasteiger partial charge in [0.15, 0.2) is 0 Å². The molecule has 0 aliphatic rings. The van der Waals surface area contributed by atoms with Crippen LogP contribution >= 0.6 is 0 Å². The SMILES string of the molecule is [Rh+2].[c-]1ncccn1.[c-]1ncccn1. The van der Waals surface area contributed by atoms with Crippen molar-refractivity contribution in [2.24, 2.45) is 0 Å². The van der Waals surface area contributed by atoms with Gasteiger partial charge in [0.2, 0.25) is 0 Å². The summed E-state index contributed by atoms with van der Waals surface area (Å²) >= 11 is 0. The summed E-state index contributed by atoms with van der Waals surface area (Å²) in [4.78, 5) is 14.2. The third-order valence-electron chi connectivity index (χ3n) is 0.873. The van der Waals surface area contributed by atoms with E-state index in [-0.39, 0.29) is 19.5 Å². The van der Waals surface area contributed by atoms with E-state index in [0.29, 0.717) is 0 Å². The van der Waals surface area contributed by atoms with Crippen molar-refractivity contribution in [3.05, 3.63) is 49.6 Å². The summed E-state index contributed by atoms with van der Waals surface area (Å²) in [5, 5.41) is 0. The molecule has 0 amide bonds. The zero-order chi connectivity index (χ0) is 8.49. The Bertz CT molecular complexity index is 192. The molecule has 0 fully saturated rings. The molecule has 2 heterocycles. The molecule has 67 valence electrons. The average Bonchev–Trinajstić information content (AvgIpc) is 2.24. The van der Waals surface area contributed by atoms with Gasteiger partial charge in [-0.3, -0.25) is 0 Å². The predicted octanol–water partition coefficient (Wildman–Crippen LogP) is 0.551. The van der Waals surface area contributed by atoms with Crippen molar-refractivity contribution in [3.8, 4) is 0 Å². The zero-order valence-electron chi connectivity index (χ0n) is 6.59. The van der Waals surface area contributed by atoms with Crippen LogP contribution in [-0.2, 0) is 19.5 Å². The van der Waals surface area contributed by atoms with Gasteiger partial charge < -0.3 is 19.9 Å². The van der Waals surface area contributed by atoms with Crippen LogP contribution in [0.25, 0.3) is 0 Å². The van der Waals surface area contributed by atoms with Gasteiger partial charge in [0.25, 0.3) is 0 Å². The summed E-state index contributed by atoms with van der Waals surface area (Å²) in [6.45, 7) is 0. The smallest absolute Gasteiger partial charge is 0.374 e. The van der Waals surface area contributed by atoms with Crippen LogP contribution in [0.3, 0.4) is 0 Å². The zero-order valence-corrected chi connectivity index (χ0v) is 8.22. The molecular formula is C8H6N4Rh. The van der Waals surface area contributed by atoms with E-state index in [9.17, 15) is 0 Å². The molecule has 0 aromatic carbocycles. The first-order valence-electron chi connectivity index (χ1n) is 3.26. The van der Waals surface area contributed by atoms with Gasteiger partial charge in [-0.05, 0) is 0 Å². The molecule has 4 nitrogen and oxygen atoms in total. The molecule has 0 aliphatic heterocycles. The first-order valence-corrected chi connectivity index (χ1v) is 3.26. The van der Waals surface area contributed by atoms with Crippen molar-refractivity contribution in [1.82, 2.24) is 19.9 Å². The molecule has 0 atom stereocenters. The van der Waals surface area contributed by atoms with Crippen molar-refractivity contribution in [2.75, 3.05) is 0 Å². The van der Waals surface area contributed by atoms with E-state index < -0.39 is 0 Å². The Morgan fingerprint density at radius 2 is 0.923 bits per heavy atom. The van der Waals surface area contributed by atoms with Crippen molar-refractivity contribution < 1.29 is 19.5 Å². The molecule has 0 saturated heterocycles. The first kappa shape index (κ1) is 11.8. The van der Waals surface area contributed by atoms with Gasteiger partial charge in [0.05, 0.1) is 0 Å². The minimum atomic E-state index is 0. The monoisotopic (exact) mass is 261 g/mol. The number of hydrogen-bond donors (Lipinski definition) is 0. The van der Waals surface area contributed by atoms with E-state index in [2.05, 4.69) is 32.6 Å². The molecule has 0 unspecified atom stereocenters.